The number of rotatable bonds is 58. The summed E-state index contributed by atoms with van der Waals surface area (Å²) >= 11 is 0. The van der Waals surface area contributed by atoms with Crippen LogP contribution in [-0.4, -0.2) is 397 Å². The summed E-state index contributed by atoms with van der Waals surface area (Å²) in [5.41, 5.74) is 6.34. The Morgan fingerprint density at radius 1 is 0.417 bits per heavy atom. The van der Waals surface area contributed by atoms with Crippen LogP contribution in [0.5, 0.6) is 0 Å². The molecule has 12 unspecified atom stereocenters. The molecule has 51 heteroatoms. The first-order chi connectivity index (χ1) is 69.0. The van der Waals surface area contributed by atoms with Crippen molar-refractivity contribution < 1.29 is 176 Å². The number of hydrogen-bond acceptors (Lipinski definition) is 40. The van der Waals surface area contributed by atoms with Gasteiger partial charge in [-0.15, -0.1) is 0 Å². The van der Waals surface area contributed by atoms with Gasteiger partial charge in [-0.3, -0.25) is 57.9 Å². The van der Waals surface area contributed by atoms with Crippen molar-refractivity contribution in [3.05, 3.63) is 65.2 Å². The van der Waals surface area contributed by atoms with E-state index in [-0.39, 0.29) is 114 Å². The van der Waals surface area contributed by atoms with Gasteiger partial charge in [-0.2, -0.15) is 0 Å². The zero-order valence-electron chi connectivity index (χ0n) is 81.1. The molecule has 0 spiro atoms. The van der Waals surface area contributed by atoms with Crippen LogP contribution in [0.1, 0.15) is 215 Å². The molecule has 6 heterocycles. The third kappa shape index (κ3) is 35.1. The highest BCUT2D eigenvalue weighted by Crippen LogP contribution is 2.42. The number of aliphatic carboxylic acids is 2. The Hall–Kier alpha value is -8.38. The second kappa shape index (κ2) is 59.1. The molecule has 8 fully saturated rings. The number of nitrogens with two attached hydrogens (primary N) is 2. The molecule has 51 nitrogen and oxygen atoms in total. The van der Waals surface area contributed by atoms with Gasteiger partial charge in [-0.25, -0.2) is 19.2 Å². The van der Waals surface area contributed by atoms with Gasteiger partial charge < -0.3 is 176 Å². The number of nitrogens with one attached hydrogen (secondary N) is 9. The van der Waals surface area contributed by atoms with E-state index < -0.39 is 310 Å². The van der Waals surface area contributed by atoms with Crippen LogP contribution in [0.2, 0.25) is 0 Å². The molecule has 10 rings (SSSR count). The quantitative estimate of drug-likeness (QED) is 0.0275. The number of carboxylic acids is 2. The van der Waals surface area contributed by atoms with E-state index in [2.05, 4.69) is 36.6 Å². The second-order valence-electron chi connectivity index (χ2n) is 38.3. The molecule has 0 radical (unpaired) electrons. The van der Waals surface area contributed by atoms with Crippen LogP contribution in [0.15, 0.2) is 31.3 Å². The molecule has 8 aliphatic rings. The van der Waals surface area contributed by atoms with Crippen LogP contribution in [0.25, 0.3) is 0 Å². The maximum atomic E-state index is 14.5. The molecule has 2 aromatic heterocycles. The van der Waals surface area contributed by atoms with Crippen molar-refractivity contribution in [3.63, 3.8) is 0 Å². The predicted molar refractivity (Wildman–Crippen MR) is 495 cm³/mol. The van der Waals surface area contributed by atoms with Gasteiger partial charge in [0.05, 0.1) is 95.9 Å². The van der Waals surface area contributed by atoms with Crippen LogP contribution in [0.3, 0.4) is 0 Å². The lowest BCUT2D eigenvalue weighted by molar-refractivity contribution is -0.335. The Labute approximate surface area is 828 Å². The number of H-pyrrole nitrogens is 4. The minimum atomic E-state index is -1.99. The first kappa shape index (κ1) is 118. The first-order valence-electron chi connectivity index (χ1n) is 50.1. The number of ether oxygens (including phenoxy) is 14. The number of aliphatic hydroxyl groups is 10. The van der Waals surface area contributed by atoms with Crippen molar-refractivity contribution in [2.24, 2.45) is 35.1 Å². The molecule has 0 bridgehead atoms. The number of ketones is 3. The number of Topliss-reactive ketones (excluding diaryl/α,β-unsaturated/α-hetero) is 3. The van der Waals surface area contributed by atoms with Crippen LogP contribution in [0.4, 0.5) is 0 Å². The zero-order chi connectivity index (χ0) is 104. The minimum Gasteiger partial charge on any atom is -0.479 e. The molecule has 25 N–H and O–H groups in total. The smallest absolute Gasteiger partial charge is 0.332 e. The lowest BCUT2D eigenvalue weighted by Crippen LogP contribution is -2.68. The Kier molecular flexibility index (Phi) is 48.3. The monoisotopic (exact) mass is 2060 g/mol. The summed E-state index contributed by atoms with van der Waals surface area (Å²) < 4.78 is 85.6. The third-order valence-electron chi connectivity index (χ3n) is 27.6. The molecule has 144 heavy (non-hydrogen) atoms. The van der Waals surface area contributed by atoms with Crippen molar-refractivity contribution in [2.45, 2.75) is 365 Å². The Bertz CT molecular complexity index is 4300. The SMILES string of the molecule is CC1O[C@@H](O[C@@H]2C(NC(=O)c3cc(=O)[nH]c(=O)[nH]3)CC(C(=O)CCCCCCN)C[C@H]2O[C@@H]2O[C@@H](CO)[C@H](O)C(O[C@@H](CC3CCCCC3)C(=O)O)C2NC(=O)CCC(=O)COCCOCCOCCOCC(=O)NCC(=O)NC2C(O[C@@H](CC3CCCCC3)C(=O)O)[C@@H](O)[C@H](CO)O[C@H]2O[C@@H]2CC(C(=O)CCCCCCN)CC(NC(=O)c3cc(=O)[nH]c(=O)[nH]3)[C@H]2O[C@@H]2OC(C)[C@@H](O)[C@H](O)C2O)C(O)[C@@H](O)[C@@H]1O. The van der Waals surface area contributed by atoms with Crippen LogP contribution in [-0.2, 0) is 105 Å². The molecule has 0 aromatic carbocycles. The summed E-state index contributed by atoms with van der Waals surface area (Å²) in [4.78, 5) is 198. The maximum absolute atomic E-state index is 14.5. The van der Waals surface area contributed by atoms with Crippen LogP contribution in [0, 0.1) is 23.7 Å². The largest absolute Gasteiger partial charge is 0.479 e. The number of carbonyl (C=O) groups excluding carboxylic acids is 8. The fraction of sp³-hybridized carbons (Fsp3) is 0.806. The molecular formula is C93H147N11O40. The van der Waals surface area contributed by atoms with Gasteiger partial charge in [0.15, 0.2) is 43.2 Å². The van der Waals surface area contributed by atoms with Crippen molar-refractivity contribution >= 4 is 58.8 Å². The normalized spacial score (nSPS) is 31.7. The van der Waals surface area contributed by atoms with Gasteiger partial charge in [-0.1, -0.05) is 89.9 Å². The van der Waals surface area contributed by atoms with Crippen LogP contribution < -0.4 is 60.5 Å². The van der Waals surface area contributed by atoms with Crippen molar-refractivity contribution in [3.8, 4) is 0 Å². The van der Waals surface area contributed by atoms with Gasteiger partial charge in [0.1, 0.15) is 134 Å². The molecule has 814 valence electrons. The van der Waals surface area contributed by atoms with E-state index in [1.807, 2.05) is 9.97 Å². The Morgan fingerprint density at radius 3 is 1.21 bits per heavy atom. The van der Waals surface area contributed by atoms with E-state index in [9.17, 15) is 128 Å². The van der Waals surface area contributed by atoms with Crippen molar-refractivity contribution in [1.29, 1.82) is 0 Å². The topological polar surface area (TPSA) is 786 Å². The standard InChI is InChI=1S/C93H147N11O40/c1-46-72(115)76(119)78(121)90(135-46)143-80-53(97-84(123)55-39-66(111)103-92(129)99-55)35-50(57(108)21-13-3-5-15-25-94)37-59(80)139-88-70(82(74(117)63(42-105)141-88)137-61(86(125)126)33-48-17-9-7-10-18-48)101-65(110)24-23-52(107)44-133-31-29-131-27-28-132-30-32-134-45-69(114)96-41-68(113)102-71-83(138-62(87(127)128)34-49-19-11-8-12-20-49)75(118)64(43-106)142-89(71)140-60-38-51(58(109)22-14-4-6-16-26-95)36-54(98-85(124)56-40-67(112)104-93(130)100-56)81(60)144-91-79(122)77(120)73(116)47(2)136-91/h39-40,46-51,53-54,59-64,70-83,88-91,105-106,115-122H,3-38,41-45,94-95H2,1-2H3,(H,96,114)(H,97,123)(H,98,124)(H,101,110)(H,102,113)(H,125,126)(H,127,128)(H2,99,103,111,129)(H2,100,104,112,130)/t46?,47?,50?,51?,53?,54?,59-,60-,61+,62+,63+,64+,70?,71?,72-,73-,74+,75+,76+,77+,78?,79?,80-,81-,82?,83?,88-,89-,90+,91+/m1/s1. The highest BCUT2D eigenvalue weighted by atomic mass is 16.8. The molecule has 4 aliphatic heterocycles. The van der Waals surface area contributed by atoms with Gasteiger partial charge in [0.2, 0.25) is 17.7 Å². The maximum Gasteiger partial charge on any atom is 0.332 e. The molecule has 4 saturated carbocycles. The predicted octanol–water partition coefficient (Wildman–Crippen LogP) is -5.42. The second-order valence-corrected chi connectivity index (χ2v) is 38.3. The number of aromatic nitrogens is 4. The summed E-state index contributed by atoms with van der Waals surface area (Å²) in [6, 6.07) is -4.77. The number of aliphatic hydroxyl groups excluding tert-OH is 10. The van der Waals surface area contributed by atoms with E-state index >= 15 is 0 Å². The summed E-state index contributed by atoms with van der Waals surface area (Å²) in [5, 5.41) is 147. The minimum absolute atomic E-state index is 0.00915. The lowest BCUT2D eigenvalue weighted by atomic mass is 9.78. The number of amides is 5. The third-order valence-corrected chi connectivity index (χ3v) is 27.6. The average Bonchev–Trinajstić information content (AvgIpc) is 0.770. The molecule has 2 aromatic rings. The highest BCUT2D eigenvalue weighted by molar-refractivity contribution is 5.93. The van der Waals surface area contributed by atoms with Crippen molar-refractivity contribution in [2.75, 3.05) is 85.7 Å². The molecular weight excluding hydrogens is 1910 g/mol. The number of hydrogen-bond donors (Lipinski definition) is 23. The lowest BCUT2D eigenvalue weighted by Gasteiger charge is -2.49. The van der Waals surface area contributed by atoms with Gasteiger partial charge in [0.25, 0.3) is 22.9 Å². The van der Waals surface area contributed by atoms with Gasteiger partial charge in [0, 0.05) is 49.7 Å². The molecule has 5 amide bonds. The number of aromatic amines is 4. The highest BCUT2D eigenvalue weighted by Gasteiger charge is 2.57. The fourth-order valence-electron chi connectivity index (χ4n) is 19.7. The summed E-state index contributed by atoms with van der Waals surface area (Å²) in [6.45, 7) is -0.824. The van der Waals surface area contributed by atoms with E-state index in [1.54, 1.807) is 0 Å². The number of carboxylic acid groups (broad SMARTS) is 2. The van der Waals surface area contributed by atoms with Crippen LogP contribution >= 0.6 is 0 Å². The van der Waals surface area contributed by atoms with E-state index in [1.165, 1.54) is 13.8 Å². The first-order valence-corrected chi connectivity index (χ1v) is 50.1. The Morgan fingerprint density at radius 2 is 0.812 bits per heavy atom. The van der Waals surface area contributed by atoms with Gasteiger partial charge in [-0.05, 0) is 103 Å². The summed E-state index contributed by atoms with van der Waals surface area (Å²) in [6.07, 6.45) is -31.0. The Balaban J connectivity index is 0.748. The molecule has 4 aliphatic carbocycles. The van der Waals surface area contributed by atoms with Crippen molar-refractivity contribution in [1.82, 2.24) is 46.5 Å². The summed E-state index contributed by atoms with van der Waals surface area (Å²) in [5.74, 6) is -11.4. The number of carbonyl (C=O) groups is 10. The zero-order valence-corrected chi connectivity index (χ0v) is 81.1. The average molecular weight is 2060 g/mol. The number of unbranched alkanes of at least 4 members (excludes halogenated alkanes) is 6. The van der Waals surface area contributed by atoms with Gasteiger partial charge >= 0.3 is 23.3 Å². The van der Waals surface area contributed by atoms with E-state index in [0.29, 0.717) is 90.1 Å². The fourth-order valence-corrected chi connectivity index (χ4v) is 19.7. The van der Waals surface area contributed by atoms with E-state index in [0.717, 1.165) is 50.7 Å². The van der Waals surface area contributed by atoms with E-state index in [4.69, 9.17) is 77.8 Å². The molecule has 30 atom stereocenters. The summed E-state index contributed by atoms with van der Waals surface area (Å²) in [7, 11) is 0. The molecule has 4 saturated heterocycles.